The molecule has 0 atom stereocenters. The molecule has 1 aromatic rings. The van der Waals surface area contributed by atoms with Crippen LogP contribution in [0.5, 0.6) is 0 Å². The first-order chi connectivity index (χ1) is 11.5. The number of rotatable bonds is 2. The van der Waals surface area contributed by atoms with E-state index in [4.69, 9.17) is 4.74 Å². The van der Waals surface area contributed by atoms with Crippen molar-refractivity contribution in [1.82, 2.24) is 4.90 Å². The van der Waals surface area contributed by atoms with Gasteiger partial charge in [-0.05, 0) is 67.7 Å². The lowest BCUT2D eigenvalue weighted by Gasteiger charge is -2.34. The Hall–Kier alpha value is -1.44. The number of alkyl halides is 3. The molecule has 4 nitrogen and oxygen atoms in total. The summed E-state index contributed by atoms with van der Waals surface area (Å²) in [6.07, 6.45) is -3.29. The lowest BCUT2D eigenvalue weighted by molar-refractivity contribution is -0.137. The maximum atomic E-state index is 12.7. The molecule has 1 saturated heterocycles. The Labute approximate surface area is 153 Å². The smallest absolute Gasteiger partial charge is 0.416 e. The van der Waals surface area contributed by atoms with E-state index in [2.05, 4.69) is 21.2 Å². The average molecular weight is 423 g/mol. The topological polar surface area (TPSA) is 41.6 Å². The number of anilines is 1. The van der Waals surface area contributed by atoms with Crippen molar-refractivity contribution >= 4 is 27.7 Å². The molecule has 0 unspecified atom stereocenters. The van der Waals surface area contributed by atoms with Gasteiger partial charge in [0.1, 0.15) is 5.60 Å². The molecule has 1 N–H and O–H groups in total. The molecule has 0 saturated carbocycles. The van der Waals surface area contributed by atoms with Gasteiger partial charge in [0.2, 0.25) is 0 Å². The summed E-state index contributed by atoms with van der Waals surface area (Å²) in [6.45, 7) is 6.56. The minimum Gasteiger partial charge on any atom is -0.444 e. The number of hydrogen-bond donors (Lipinski definition) is 1. The number of carbonyl (C=O) groups is 1. The van der Waals surface area contributed by atoms with E-state index >= 15 is 0 Å². The SMILES string of the molecule is CC(C)(C)OC(=O)N1CCC(Nc2ccc(C(F)(F)F)cc2Br)CC1. The Bertz CT molecular complexity index is 621. The summed E-state index contributed by atoms with van der Waals surface area (Å²) in [5.74, 6) is 0. The second kappa shape index (κ2) is 7.43. The average Bonchev–Trinajstić information content (AvgIpc) is 2.47. The molecule has 1 heterocycles. The van der Waals surface area contributed by atoms with Gasteiger partial charge in [-0.2, -0.15) is 13.2 Å². The minimum atomic E-state index is -4.36. The molecule has 0 radical (unpaired) electrons. The van der Waals surface area contributed by atoms with Crippen LogP contribution in [0.4, 0.5) is 23.7 Å². The molecule has 1 aromatic carbocycles. The van der Waals surface area contributed by atoms with Gasteiger partial charge in [0.15, 0.2) is 0 Å². The summed E-state index contributed by atoms with van der Waals surface area (Å²) in [5, 5.41) is 3.24. The number of piperidine rings is 1. The Balaban J connectivity index is 1.91. The van der Waals surface area contributed by atoms with Gasteiger partial charge in [-0.3, -0.25) is 0 Å². The van der Waals surface area contributed by atoms with Gasteiger partial charge < -0.3 is 15.0 Å². The molecule has 2 rings (SSSR count). The summed E-state index contributed by atoms with van der Waals surface area (Å²) in [4.78, 5) is 13.7. The maximum absolute atomic E-state index is 12.7. The lowest BCUT2D eigenvalue weighted by atomic mass is 10.0. The monoisotopic (exact) mass is 422 g/mol. The number of halogens is 4. The van der Waals surface area contributed by atoms with Crippen molar-refractivity contribution in [1.29, 1.82) is 0 Å². The van der Waals surface area contributed by atoms with Crippen LogP contribution >= 0.6 is 15.9 Å². The van der Waals surface area contributed by atoms with E-state index in [1.807, 2.05) is 20.8 Å². The maximum Gasteiger partial charge on any atom is 0.416 e. The van der Waals surface area contributed by atoms with E-state index in [0.717, 1.165) is 12.1 Å². The van der Waals surface area contributed by atoms with Crippen molar-refractivity contribution in [2.75, 3.05) is 18.4 Å². The highest BCUT2D eigenvalue weighted by Gasteiger charge is 2.31. The molecule has 0 bridgehead atoms. The Morgan fingerprint density at radius 3 is 2.32 bits per heavy atom. The standard InChI is InChI=1S/C17H22BrF3N2O2/c1-16(2,3)25-15(24)23-8-6-12(7-9-23)22-14-5-4-11(10-13(14)18)17(19,20)21/h4-5,10,12,22H,6-9H2,1-3H3. The van der Waals surface area contributed by atoms with Gasteiger partial charge >= 0.3 is 12.3 Å². The fraction of sp³-hybridized carbons (Fsp3) is 0.588. The molecule has 140 valence electrons. The number of benzene rings is 1. The third kappa shape index (κ3) is 5.80. The zero-order chi connectivity index (χ0) is 18.8. The Kier molecular flexibility index (Phi) is 5.91. The van der Waals surface area contributed by atoms with Crippen LogP contribution in [-0.2, 0) is 10.9 Å². The van der Waals surface area contributed by atoms with Crippen LogP contribution in [0.1, 0.15) is 39.2 Å². The molecule has 25 heavy (non-hydrogen) atoms. The van der Waals surface area contributed by atoms with Gasteiger partial charge in [0.25, 0.3) is 0 Å². The van der Waals surface area contributed by atoms with Gasteiger partial charge in [0, 0.05) is 29.3 Å². The molecule has 1 amide bonds. The first-order valence-corrected chi connectivity index (χ1v) is 8.86. The van der Waals surface area contributed by atoms with Crippen LogP contribution in [0.25, 0.3) is 0 Å². The minimum absolute atomic E-state index is 0.0896. The predicted octanol–water partition coefficient (Wildman–Crippen LogP) is 5.28. The molecule has 1 aliphatic heterocycles. The van der Waals surface area contributed by atoms with Crippen LogP contribution in [-0.4, -0.2) is 35.7 Å². The van der Waals surface area contributed by atoms with Gasteiger partial charge in [-0.25, -0.2) is 4.79 Å². The fourth-order valence-electron chi connectivity index (χ4n) is 2.56. The van der Waals surface area contributed by atoms with Crippen LogP contribution in [0.2, 0.25) is 0 Å². The van der Waals surface area contributed by atoms with E-state index in [-0.39, 0.29) is 12.1 Å². The molecular weight excluding hydrogens is 401 g/mol. The zero-order valence-corrected chi connectivity index (χ0v) is 16.0. The lowest BCUT2D eigenvalue weighted by Crippen LogP contribution is -2.44. The molecular formula is C17H22BrF3N2O2. The molecule has 1 fully saturated rings. The normalized spacial score (nSPS) is 16.7. The second-order valence-electron chi connectivity index (χ2n) is 7.08. The summed E-state index contributed by atoms with van der Waals surface area (Å²) >= 11 is 3.19. The third-order valence-corrected chi connectivity index (χ3v) is 4.46. The fourth-order valence-corrected chi connectivity index (χ4v) is 3.05. The quantitative estimate of drug-likeness (QED) is 0.704. The Morgan fingerprint density at radius 2 is 1.84 bits per heavy atom. The molecule has 8 heteroatoms. The third-order valence-electron chi connectivity index (χ3n) is 3.80. The zero-order valence-electron chi connectivity index (χ0n) is 14.4. The predicted molar refractivity (Wildman–Crippen MR) is 93.6 cm³/mol. The van der Waals surface area contributed by atoms with Gasteiger partial charge in [0.05, 0.1) is 5.56 Å². The number of ether oxygens (including phenoxy) is 1. The number of nitrogens with one attached hydrogen (secondary N) is 1. The highest BCUT2D eigenvalue weighted by molar-refractivity contribution is 9.10. The van der Waals surface area contributed by atoms with E-state index in [9.17, 15) is 18.0 Å². The van der Waals surface area contributed by atoms with Crippen molar-refractivity contribution < 1.29 is 22.7 Å². The van der Waals surface area contributed by atoms with E-state index < -0.39 is 17.3 Å². The number of amides is 1. The van der Waals surface area contributed by atoms with Crippen molar-refractivity contribution in [2.45, 2.75) is 51.4 Å². The number of hydrogen-bond acceptors (Lipinski definition) is 3. The van der Waals surface area contributed by atoms with Crippen LogP contribution < -0.4 is 5.32 Å². The van der Waals surface area contributed by atoms with Gasteiger partial charge in [-0.1, -0.05) is 0 Å². The molecule has 0 spiro atoms. The first-order valence-electron chi connectivity index (χ1n) is 8.07. The summed E-state index contributed by atoms with van der Waals surface area (Å²) in [6, 6.07) is 3.64. The highest BCUT2D eigenvalue weighted by atomic mass is 79.9. The molecule has 1 aliphatic rings. The van der Waals surface area contributed by atoms with Crippen molar-refractivity contribution in [3.63, 3.8) is 0 Å². The highest BCUT2D eigenvalue weighted by Crippen LogP contribution is 2.34. The number of carbonyl (C=O) groups excluding carboxylic acids is 1. The van der Waals surface area contributed by atoms with Crippen molar-refractivity contribution in [3.05, 3.63) is 28.2 Å². The van der Waals surface area contributed by atoms with E-state index in [1.54, 1.807) is 4.90 Å². The molecule has 0 aromatic heterocycles. The van der Waals surface area contributed by atoms with Crippen LogP contribution in [0, 0.1) is 0 Å². The van der Waals surface area contributed by atoms with Crippen LogP contribution in [0.15, 0.2) is 22.7 Å². The number of likely N-dealkylation sites (tertiary alicyclic amines) is 1. The largest absolute Gasteiger partial charge is 0.444 e. The van der Waals surface area contributed by atoms with E-state index in [0.29, 0.717) is 36.1 Å². The second-order valence-corrected chi connectivity index (χ2v) is 7.93. The van der Waals surface area contributed by atoms with E-state index in [1.165, 1.54) is 6.07 Å². The summed E-state index contributed by atoms with van der Waals surface area (Å²) in [7, 11) is 0. The summed E-state index contributed by atoms with van der Waals surface area (Å²) < 4.78 is 43.8. The number of nitrogens with zero attached hydrogens (tertiary/aromatic N) is 1. The first kappa shape index (κ1) is 19.9. The Morgan fingerprint density at radius 1 is 1.24 bits per heavy atom. The van der Waals surface area contributed by atoms with Crippen LogP contribution in [0.3, 0.4) is 0 Å². The molecule has 0 aliphatic carbocycles. The van der Waals surface area contributed by atoms with Gasteiger partial charge in [-0.15, -0.1) is 0 Å². The van der Waals surface area contributed by atoms with Crippen molar-refractivity contribution in [2.24, 2.45) is 0 Å². The summed E-state index contributed by atoms with van der Waals surface area (Å²) in [5.41, 5.74) is -0.606. The van der Waals surface area contributed by atoms with Crippen molar-refractivity contribution in [3.8, 4) is 0 Å².